The summed E-state index contributed by atoms with van der Waals surface area (Å²) in [6, 6.07) is -0.435. The van der Waals surface area contributed by atoms with Crippen molar-refractivity contribution in [2.75, 3.05) is 26.7 Å². The van der Waals surface area contributed by atoms with Gasteiger partial charge in [-0.2, -0.15) is 0 Å². The number of hydrogen-bond acceptors (Lipinski definition) is 4. The normalized spacial score (nSPS) is 26.2. The Bertz CT molecular complexity index is 464. The molecule has 1 spiro atoms. The van der Waals surface area contributed by atoms with Crippen LogP contribution in [-0.4, -0.2) is 55.0 Å². The first-order valence-corrected chi connectivity index (χ1v) is 8.58. The van der Waals surface area contributed by atoms with Gasteiger partial charge in [0.25, 0.3) is 5.91 Å². The largest absolute Gasteiger partial charge is 0.354 e. The number of halogens is 1. The maximum Gasteiger partial charge on any atom is 0.325 e. The summed E-state index contributed by atoms with van der Waals surface area (Å²) in [7, 11) is 1.85. The summed E-state index contributed by atoms with van der Waals surface area (Å²) in [5, 5.41) is 8.58. The molecular weight excluding hydrogens is 332 g/mol. The zero-order valence-electron chi connectivity index (χ0n) is 14.5. The predicted molar refractivity (Wildman–Crippen MR) is 94.0 cm³/mol. The molecule has 0 aromatic rings. The van der Waals surface area contributed by atoms with Crippen molar-refractivity contribution >= 4 is 30.3 Å². The predicted octanol–water partition coefficient (Wildman–Crippen LogP) is 1.02. The van der Waals surface area contributed by atoms with Crippen molar-refractivity contribution in [3.63, 3.8) is 0 Å². The van der Waals surface area contributed by atoms with E-state index in [0.717, 1.165) is 37.1 Å². The number of carbonyl (C=O) groups excluding carboxylic acids is 3. The molecule has 24 heavy (non-hydrogen) atoms. The lowest BCUT2D eigenvalue weighted by molar-refractivity contribution is -0.136. The summed E-state index contributed by atoms with van der Waals surface area (Å²) in [5.41, 5.74) is -0.769. The zero-order chi connectivity index (χ0) is 16.9. The molecular formula is C16H29ClN4O3. The van der Waals surface area contributed by atoms with E-state index in [1.54, 1.807) is 0 Å². The molecule has 4 amide bonds. The summed E-state index contributed by atoms with van der Waals surface area (Å²) in [6.07, 6.45) is 5.17. The molecule has 8 heteroatoms. The Morgan fingerprint density at radius 2 is 1.96 bits per heavy atom. The Kier molecular flexibility index (Phi) is 7.96. The monoisotopic (exact) mass is 360 g/mol. The van der Waals surface area contributed by atoms with Crippen molar-refractivity contribution in [2.24, 2.45) is 5.92 Å². The van der Waals surface area contributed by atoms with Crippen molar-refractivity contribution < 1.29 is 14.4 Å². The summed E-state index contributed by atoms with van der Waals surface area (Å²) < 4.78 is 0. The highest BCUT2D eigenvalue weighted by Crippen LogP contribution is 2.37. The second-order valence-corrected chi connectivity index (χ2v) is 6.56. The van der Waals surface area contributed by atoms with Crippen LogP contribution in [0.15, 0.2) is 0 Å². The Morgan fingerprint density at radius 1 is 1.29 bits per heavy atom. The van der Waals surface area contributed by atoms with E-state index in [1.165, 1.54) is 0 Å². The van der Waals surface area contributed by atoms with Crippen LogP contribution in [0.1, 0.15) is 45.4 Å². The lowest BCUT2D eigenvalue weighted by atomic mass is 9.75. The van der Waals surface area contributed by atoms with E-state index in [2.05, 4.69) is 22.9 Å². The number of amides is 4. The van der Waals surface area contributed by atoms with Gasteiger partial charge in [0, 0.05) is 6.54 Å². The van der Waals surface area contributed by atoms with Crippen LogP contribution in [0.3, 0.4) is 0 Å². The maximum atomic E-state index is 12.7. The van der Waals surface area contributed by atoms with Gasteiger partial charge in [-0.1, -0.05) is 13.3 Å². The summed E-state index contributed by atoms with van der Waals surface area (Å²) in [5.74, 6) is 0.112. The first-order chi connectivity index (χ1) is 11.0. The van der Waals surface area contributed by atoms with Gasteiger partial charge in [-0.3, -0.25) is 14.5 Å². The average Bonchev–Trinajstić information content (AvgIpc) is 2.77. The minimum Gasteiger partial charge on any atom is -0.354 e. The van der Waals surface area contributed by atoms with Crippen LogP contribution in [0.2, 0.25) is 0 Å². The molecule has 138 valence electrons. The third kappa shape index (κ3) is 4.60. The molecule has 0 radical (unpaired) electrons. The van der Waals surface area contributed by atoms with Gasteiger partial charge in [0.15, 0.2) is 0 Å². The fraction of sp³-hybridized carbons (Fsp3) is 0.812. The number of hydrogen-bond donors (Lipinski definition) is 3. The van der Waals surface area contributed by atoms with Crippen LogP contribution in [0.25, 0.3) is 0 Å². The molecule has 0 aromatic carbocycles. The highest BCUT2D eigenvalue weighted by atomic mass is 35.5. The van der Waals surface area contributed by atoms with Crippen LogP contribution in [-0.2, 0) is 9.59 Å². The third-order valence-corrected chi connectivity index (χ3v) is 5.01. The van der Waals surface area contributed by atoms with Gasteiger partial charge in [0.2, 0.25) is 5.91 Å². The number of nitrogens with one attached hydrogen (secondary N) is 3. The standard InChI is InChI=1S/C16H28N4O3.ClH/c1-3-12-5-7-16(8-6-12)14(22)20(15(23)19-16)11-13(21)18-10-4-9-17-2;/h12,17H,3-11H2,1-2H3,(H,18,21)(H,19,23);1H. The topological polar surface area (TPSA) is 90.5 Å². The Morgan fingerprint density at radius 3 is 2.54 bits per heavy atom. The molecule has 1 saturated heterocycles. The fourth-order valence-corrected chi connectivity index (χ4v) is 3.43. The average molecular weight is 361 g/mol. The molecule has 7 nitrogen and oxygen atoms in total. The molecule has 0 unspecified atom stereocenters. The van der Waals surface area contributed by atoms with E-state index in [1.807, 2.05) is 7.05 Å². The molecule has 2 fully saturated rings. The van der Waals surface area contributed by atoms with Crippen molar-refractivity contribution in [3.8, 4) is 0 Å². The first-order valence-electron chi connectivity index (χ1n) is 8.58. The van der Waals surface area contributed by atoms with Gasteiger partial charge in [0.1, 0.15) is 12.1 Å². The van der Waals surface area contributed by atoms with E-state index in [4.69, 9.17) is 0 Å². The minimum atomic E-state index is -0.769. The van der Waals surface area contributed by atoms with E-state index in [0.29, 0.717) is 25.3 Å². The molecule has 1 aliphatic heterocycles. The van der Waals surface area contributed by atoms with Gasteiger partial charge >= 0.3 is 6.03 Å². The van der Waals surface area contributed by atoms with Crippen LogP contribution in [0.5, 0.6) is 0 Å². The van der Waals surface area contributed by atoms with Crippen LogP contribution >= 0.6 is 12.4 Å². The van der Waals surface area contributed by atoms with Gasteiger partial charge in [-0.15, -0.1) is 12.4 Å². The van der Waals surface area contributed by atoms with E-state index < -0.39 is 11.6 Å². The summed E-state index contributed by atoms with van der Waals surface area (Å²) in [6.45, 7) is 3.31. The molecule has 1 aliphatic carbocycles. The lowest BCUT2D eigenvalue weighted by Crippen LogP contribution is -2.50. The third-order valence-electron chi connectivity index (χ3n) is 5.01. The molecule has 3 N–H and O–H groups in total. The lowest BCUT2D eigenvalue weighted by Gasteiger charge is -2.34. The minimum absolute atomic E-state index is 0. The van der Waals surface area contributed by atoms with Gasteiger partial charge in [-0.25, -0.2) is 4.79 Å². The highest BCUT2D eigenvalue weighted by molar-refractivity contribution is 6.09. The molecule has 0 atom stereocenters. The molecule has 2 rings (SSSR count). The second kappa shape index (κ2) is 9.22. The van der Waals surface area contributed by atoms with Crippen molar-refractivity contribution in [2.45, 2.75) is 51.0 Å². The van der Waals surface area contributed by atoms with E-state index >= 15 is 0 Å². The van der Waals surface area contributed by atoms with Gasteiger partial charge in [-0.05, 0) is 51.6 Å². The maximum absolute atomic E-state index is 12.7. The van der Waals surface area contributed by atoms with E-state index in [-0.39, 0.29) is 30.8 Å². The van der Waals surface area contributed by atoms with Crippen LogP contribution < -0.4 is 16.0 Å². The Balaban J connectivity index is 0.00000288. The fourth-order valence-electron chi connectivity index (χ4n) is 3.43. The van der Waals surface area contributed by atoms with Gasteiger partial charge in [0.05, 0.1) is 0 Å². The number of carbonyl (C=O) groups is 3. The molecule has 0 bridgehead atoms. The Labute approximate surface area is 149 Å². The van der Waals surface area contributed by atoms with Gasteiger partial charge < -0.3 is 16.0 Å². The highest BCUT2D eigenvalue weighted by Gasteiger charge is 2.52. The second-order valence-electron chi connectivity index (χ2n) is 6.56. The first kappa shape index (κ1) is 20.7. The van der Waals surface area contributed by atoms with Crippen LogP contribution in [0, 0.1) is 5.92 Å². The molecule has 2 aliphatic rings. The number of nitrogens with zero attached hydrogens (tertiary/aromatic N) is 1. The van der Waals surface area contributed by atoms with Crippen molar-refractivity contribution in [3.05, 3.63) is 0 Å². The summed E-state index contributed by atoms with van der Waals surface area (Å²) in [4.78, 5) is 37.8. The summed E-state index contributed by atoms with van der Waals surface area (Å²) >= 11 is 0. The van der Waals surface area contributed by atoms with Crippen LogP contribution in [0.4, 0.5) is 4.79 Å². The van der Waals surface area contributed by atoms with Crippen molar-refractivity contribution in [1.82, 2.24) is 20.9 Å². The molecule has 1 saturated carbocycles. The molecule has 1 heterocycles. The number of urea groups is 1. The zero-order valence-corrected chi connectivity index (χ0v) is 15.3. The van der Waals surface area contributed by atoms with E-state index in [9.17, 15) is 14.4 Å². The van der Waals surface area contributed by atoms with Crippen molar-refractivity contribution in [1.29, 1.82) is 0 Å². The SMILES string of the molecule is CCC1CCC2(CC1)NC(=O)N(CC(=O)NCCCNC)C2=O.Cl. The molecule has 0 aromatic heterocycles. The quantitative estimate of drug-likeness (QED) is 0.467. The smallest absolute Gasteiger partial charge is 0.325 e. The number of imide groups is 1. The number of rotatable bonds is 7. The Hall–Kier alpha value is -1.34.